The van der Waals surface area contributed by atoms with E-state index in [4.69, 9.17) is 4.74 Å². The third-order valence-electron chi connectivity index (χ3n) is 7.85. The van der Waals surface area contributed by atoms with Crippen LogP contribution in [0.3, 0.4) is 0 Å². The highest BCUT2D eigenvalue weighted by atomic mass is 16.5. The van der Waals surface area contributed by atoms with Gasteiger partial charge in [-0.2, -0.15) is 5.10 Å². The molecule has 0 radical (unpaired) electrons. The number of aryl methyl sites for hydroxylation is 2. The number of ether oxygens (including phenoxy) is 1. The van der Waals surface area contributed by atoms with Crippen LogP contribution in [0.2, 0.25) is 0 Å². The van der Waals surface area contributed by atoms with Crippen LogP contribution in [0.1, 0.15) is 47.1 Å². The number of nitrogens with zero attached hydrogens (tertiary/aromatic N) is 6. The number of aliphatic hydroxyl groups is 1. The van der Waals surface area contributed by atoms with Crippen LogP contribution in [0.4, 0.5) is 17.2 Å². The summed E-state index contributed by atoms with van der Waals surface area (Å²) in [7, 11) is 1.63. The molecule has 0 bridgehead atoms. The maximum absolute atomic E-state index is 13.9. The van der Waals surface area contributed by atoms with E-state index in [0.717, 1.165) is 25.7 Å². The van der Waals surface area contributed by atoms with Crippen LogP contribution in [0.15, 0.2) is 47.7 Å². The molecule has 1 amide bonds. The van der Waals surface area contributed by atoms with Crippen LogP contribution in [-0.2, 0) is 49.1 Å². The van der Waals surface area contributed by atoms with Crippen molar-refractivity contribution in [3.8, 4) is 11.3 Å². The summed E-state index contributed by atoms with van der Waals surface area (Å²) in [5.74, 6) is -0.453. The Morgan fingerprint density at radius 3 is 2.79 bits per heavy atom. The fourth-order valence-corrected chi connectivity index (χ4v) is 5.87. The molecular formula is C30H33N7O5. The fourth-order valence-electron chi connectivity index (χ4n) is 5.87. The molecule has 2 aliphatic rings. The van der Waals surface area contributed by atoms with E-state index in [2.05, 4.69) is 20.0 Å². The van der Waals surface area contributed by atoms with Gasteiger partial charge in [-0.15, -0.1) is 0 Å². The minimum absolute atomic E-state index is 0.0637. The maximum atomic E-state index is 13.9. The van der Waals surface area contributed by atoms with Crippen molar-refractivity contribution in [1.82, 2.24) is 23.9 Å². The van der Waals surface area contributed by atoms with Crippen LogP contribution in [0.5, 0.6) is 0 Å². The van der Waals surface area contributed by atoms with E-state index < -0.39 is 5.97 Å². The van der Waals surface area contributed by atoms with Gasteiger partial charge in [-0.3, -0.25) is 19.1 Å². The summed E-state index contributed by atoms with van der Waals surface area (Å²) < 4.78 is 10.6. The molecule has 12 heteroatoms. The quantitative estimate of drug-likeness (QED) is 0.308. The van der Waals surface area contributed by atoms with Crippen molar-refractivity contribution in [1.29, 1.82) is 0 Å². The zero-order valence-electron chi connectivity index (χ0n) is 23.7. The first-order valence-corrected chi connectivity index (χ1v) is 14.1. The summed E-state index contributed by atoms with van der Waals surface area (Å²) in [5, 5.41) is 16.4. The van der Waals surface area contributed by atoms with Crippen molar-refractivity contribution in [3.63, 3.8) is 0 Å². The number of esters is 1. The SMILES string of the molecule is CC(=O)OCc1c(-c2cn(C)c(=O)c(Nc3cnn(CCO)c3)n2)cccc1N1CCn2c(cc3c2CCCC3)C1=O. The van der Waals surface area contributed by atoms with Crippen LogP contribution < -0.4 is 15.8 Å². The van der Waals surface area contributed by atoms with Crippen molar-refractivity contribution in [2.45, 2.75) is 52.3 Å². The molecule has 0 saturated carbocycles. The van der Waals surface area contributed by atoms with E-state index >= 15 is 0 Å². The summed E-state index contributed by atoms with van der Waals surface area (Å²) >= 11 is 0. The van der Waals surface area contributed by atoms with E-state index in [1.165, 1.54) is 22.7 Å². The summed E-state index contributed by atoms with van der Waals surface area (Å²) in [6.07, 6.45) is 9.10. The van der Waals surface area contributed by atoms with E-state index in [-0.39, 0.29) is 30.5 Å². The van der Waals surface area contributed by atoms with Crippen molar-refractivity contribution < 1.29 is 19.4 Å². The number of rotatable bonds is 8. The number of hydrogen-bond donors (Lipinski definition) is 2. The Morgan fingerprint density at radius 2 is 1.98 bits per heavy atom. The van der Waals surface area contributed by atoms with E-state index in [1.54, 1.807) is 35.2 Å². The second-order valence-electron chi connectivity index (χ2n) is 10.6. The molecule has 1 aromatic carbocycles. The van der Waals surface area contributed by atoms with Gasteiger partial charge < -0.3 is 29.2 Å². The number of aliphatic hydroxyl groups excluding tert-OH is 1. The molecule has 4 heterocycles. The molecule has 0 unspecified atom stereocenters. The summed E-state index contributed by atoms with van der Waals surface area (Å²) in [6.45, 7) is 2.70. The first-order valence-electron chi connectivity index (χ1n) is 14.1. The van der Waals surface area contributed by atoms with Gasteiger partial charge in [-0.25, -0.2) is 4.98 Å². The van der Waals surface area contributed by atoms with Gasteiger partial charge in [-0.05, 0) is 43.4 Å². The predicted octanol–water partition coefficient (Wildman–Crippen LogP) is 2.78. The Kier molecular flexibility index (Phi) is 7.38. The highest BCUT2D eigenvalue weighted by Crippen LogP contribution is 2.35. The zero-order chi connectivity index (χ0) is 29.4. The van der Waals surface area contributed by atoms with Crippen molar-refractivity contribution in [2.24, 2.45) is 7.05 Å². The second-order valence-corrected chi connectivity index (χ2v) is 10.6. The first kappa shape index (κ1) is 27.5. The average Bonchev–Trinajstić information content (AvgIpc) is 3.59. The predicted molar refractivity (Wildman–Crippen MR) is 156 cm³/mol. The van der Waals surface area contributed by atoms with Crippen LogP contribution in [-0.4, -0.2) is 54.0 Å². The highest BCUT2D eigenvalue weighted by molar-refractivity contribution is 6.07. The average molecular weight is 572 g/mol. The Morgan fingerprint density at radius 1 is 1.14 bits per heavy atom. The number of nitrogens with one attached hydrogen (secondary N) is 1. The summed E-state index contributed by atoms with van der Waals surface area (Å²) in [5.41, 5.74) is 5.78. The summed E-state index contributed by atoms with van der Waals surface area (Å²) in [4.78, 5) is 45.2. The standard InChI is InChI=1S/C30H33N7O5/c1-19(39)42-18-23-22(24-17-34(2)30(41)28(33-24)32-21-15-31-35(16-21)12-13-38)7-5-9-26(23)37-11-10-36-25-8-4-3-6-20(25)14-27(36)29(37)40/h5,7,9,14-17,38H,3-4,6,8,10-13,18H2,1-2H3,(H,32,33). The van der Waals surface area contributed by atoms with Crippen LogP contribution in [0, 0.1) is 0 Å². The Hall–Kier alpha value is -4.71. The van der Waals surface area contributed by atoms with Gasteiger partial charge in [0, 0.05) is 56.3 Å². The van der Waals surface area contributed by atoms with Crippen LogP contribution >= 0.6 is 0 Å². The van der Waals surface area contributed by atoms with Gasteiger partial charge in [0.15, 0.2) is 5.82 Å². The number of carbonyl (C=O) groups excluding carboxylic acids is 2. The van der Waals surface area contributed by atoms with E-state index in [1.807, 2.05) is 24.3 Å². The maximum Gasteiger partial charge on any atom is 0.302 e. The molecule has 12 nitrogen and oxygen atoms in total. The number of carbonyl (C=O) groups is 2. The van der Waals surface area contributed by atoms with Crippen LogP contribution in [0.25, 0.3) is 11.3 Å². The molecule has 3 aromatic heterocycles. The molecule has 42 heavy (non-hydrogen) atoms. The molecule has 6 rings (SSSR count). The third-order valence-corrected chi connectivity index (χ3v) is 7.85. The second kappa shape index (κ2) is 11.3. The van der Waals surface area contributed by atoms with Crippen molar-refractivity contribution >= 4 is 29.1 Å². The lowest BCUT2D eigenvalue weighted by Crippen LogP contribution is -2.41. The van der Waals surface area contributed by atoms with Crippen molar-refractivity contribution in [3.05, 3.63) is 75.7 Å². The van der Waals surface area contributed by atoms with E-state index in [0.29, 0.717) is 53.5 Å². The number of anilines is 3. The van der Waals surface area contributed by atoms with Gasteiger partial charge >= 0.3 is 5.97 Å². The van der Waals surface area contributed by atoms with Crippen molar-refractivity contribution in [2.75, 3.05) is 23.4 Å². The Bertz CT molecular complexity index is 1730. The molecule has 1 aliphatic heterocycles. The number of benzene rings is 1. The first-order chi connectivity index (χ1) is 20.3. The minimum Gasteiger partial charge on any atom is -0.461 e. The highest BCUT2D eigenvalue weighted by Gasteiger charge is 2.32. The zero-order valence-corrected chi connectivity index (χ0v) is 23.7. The smallest absolute Gasteiger partial charge is 0.302 e. The van der Waals surface area contributed by atoms with E-state index in [9.17, 15) is 19.5 Å². The molecule has 0 atom stereocenters. The number of aromatic nitrogens is 5. The van der Waals surface area contributed by atoms with Gasteiger partial charge in [0.05, 0.1) is 36.4 Å². The number of hydrogen-bond acceptors (Lipinski definition) is 8. The molecule has 0 fully saturated rings. The lowest BCUT2D eigenvalue weighted by atomic mass is 9.98. The normalized spacial score (nSPS) is 14.5. The van der Waals surface area contributed by atoms with Gasteiger partial charge in [-0.1, -0.05) is 12.1 Å². The third kappa shape index (κ3) is 5.09. The number of fused-ring (bicyclic) bond motifs is 3. The summed E-state index contributed by atoms with van der Waals surface area (Å²) in [6, 6.07) is 7.57. The van der Waals surface area contributed by atoms with Gasteiger partial charge in [0.2, 0.25) is 0 Å². The lowest BCUT2D eigenvalue weighted by molar-refractivity contribution is -0.142. The number of amides is 1. The molecular weight excluding hydrogens is 538 g/mol. The monoisotopic (exact) mass is 571 g/mol. The Balaban J connectivity index is 1.40. The Labute approximate surface area is 242 Å². The van der Waals surface area contributed by atoms with Gasteiger partial charge in [0.25, 0.3) is 11.5 Å². The fraction of sp³-hybridized carbons (Fsp3) is 0.367. The topological polar surface area (TPSA) is 137 Å². The lowest BCUT2D eigenvalue weighted by Gasteiger charge is -2.31. The van der Waals surface area contributed by atoms with Gasteiger partial charge in [0.1, 0.15) is 12.3 Å². The molecule has 0 spiro atoms. The molecule has 2 N–H and O–H groups in total. The molecule has 4 aromatic rings. The molecule has 0 saturated heterocycles. The molecule has 218 valence electrons. The molecule has 1 aliphatic carbocycles. The minimum atomic E-state index is -0.446. The largest absolute Gasteiger partial charge is 0.461 e.